The predicted molar refractivity (Wildman–Crippen MR) is 73.2 cm³/mol. The van der Waals surface area contributed by atoms with Crippen LogP contribution >= 0.6 is 0 Å². The first-order valence-electron chi connectivity index (χ1n) is 7.45. The molecule has 1 aliphatic heterocycles. The van der Waals surface area contributed by atoms with Crippen LogP contribution < -0.4 is 5.73 Å². The molecule has 2 rings (SSSR count). The summed E-state index contributed by atoms with van der Waals surface area (Å²) in [5.74, 6) is 0. The van der Waals surface area contributed by atoms with Gasteiger partial charge in [0.15, 0.2) is 0 Å². The van der Waals surface area contributed by atoms with Crippen LogP contribution in [0.5, 0.6) is 0 Å². The minimum atomic E-state index is 0.710. The van der Waals surface area contributed by atoms with Crippen LogP contribution in [0.25, 0.3) is 0 Å². The van der Waals surface area contributed by atoms with Crippen LogP contribution in [0, 0.1) is 0 Å². The van der Waals surface area contributed by atoms with E-state index >= 15 is 0 Å². The Balaban J connectivity index is 1.95. The third-order valence-corrected chi connectivity index (χ3v) is 4.52. The molecule has 1 heterocycles. The van der Waals surface area contributed by atoms with Gasteiger partial charge < -0.3 is 10.6 Å². The molecule has 2 fully saturated rings. The normalized spacial score (nSPS) is 30.4. The summed E-state index contributed by atoms with van der Waals surface area (Å²) in [6, 6.07) is 1.56. The Labute approximate surface area is 106 Å². The van der Waals surface area contributed by atoms with E-state index in [2.05, 4.69) is 16.8 Å². The van der Waals surface area contributed by atoms with Crippen molar-refractivity contribution in [1.29, 1.82) is 0 Å². The SMILES string of the molecule is CN1CCN(C2CCCCCC2)C(CCN)C1. The van der Waals surface area contributed by atoms with Crippen molar-refractivity contribution in [3.8, 4) is 0 Å². The Morgan fingerprint density at radius 1 is 1.06 bits per heavy atom. The average Bonchev–Trinajstić information content (AvgIpc) is 2.58. The van der Waals surface area contributed by atoms with E-state index in [0.717, 1.165) is 12.6 Å². The van der Waals surface area contributed by atoms with Gasteiger partial charge >= 0.3 is 0 Å². The van der Waals surface area contributed by atoms with E-state index in [4.69, 9.17) is 5.73 Å². The van der Waals surface area contributed by atoms with Gasteiger partial charge in [0.25, 0.3) is 0 Å². The first-order valence-corrected chi connectivity index (χ1v) is 7.45. The van der Waals surface area contributed by atoms with E-state index in [1.165, 1.54) is 64.6 Å². The molecular weight excluding hydrogens is 210 g/mol. The van der Waals surface area contributed by atoms with Crippen molar-refractivity contribution in [2.75, 3.05) is 33.2 Å². The van der Waals surface area contributed by atoms with Crippen molar-refractivity contribution in [2.24, 2.45) is 5.73 Å². The van der Waals surface area contributed by atoms with Crippen LogP contribution in [-0.2, 0) is 0 Å². The molecule has 0 spiro atoms. The van der Waals surface area contributed by atoms with Crippen molar-refractivity contribution in [2.45, 2.75) is 57.0 Å². The topological polar surface area (TPSA) is 32.5 Å². The second-order valence-electron chi connectivity index (χ2n) is 5.88. The molecule has 1 saturated carbocycles. The molecule has 0 amide bonds. The van der Waals surface area contributed by atoms with Crippen LogP contribution in [0.1, 0.15) is 44.9 Å². The number of hydrogen-bond donors (Lipinski definition) is 1. The fourth-order valence-electron chi connectivity index (χ4n) is 3.54. The molecule has 1 atom stereocenters. The lowest BCUT2D eigenvalue weighted by Crippen LogP contribution is -2.55. The Kier molecular flexibility index (Phi) is 5.26. The quantitative estimate of drug-likeness (QED) is 0.761. The van der Waals surface area contributed by atoms with E-state index in [1.54, 1.807) is 0 Å². The van der Waals surface area contributed by atoms with Crippen LogP contribution in [0.15, 0.2) is 0 Å². The number of likely N-dealkylation sites (N-methyl/N-ethyl adjacent to an activating group) is 1. The van der Waals surface area contributed by atoms with E-state index in [-0.39, 0.29) is 0 Å². The molecule has 0 aromatic heterocycles. The molecule has 3 heteroatoms. The van der Waals surface area contributed by atoms with Crippen LogP contribution in [0.3, 0.4) is 0 Å². The largest absolute Gasteiger partial charge is 0.330 e. The van der Waals surface area contributed by atoms with Crippen LogP contribution in [-0.4, -0.2) is 55.1 Å². The molecule has 0 aromatic rings. The highest BCUT2D eigenvalue weighted by atomic mass is 15.3. The molecule has 1 saturated heterocycles. The third kappa shape index (κ3) is 3.67. The zero-order valence-corrected chi connectivity index (χ0v) is 11.4. The summed E-state index contributed by atoms with van der Waals surface area (Å²) in [6.45, 7) is 4.54. The maximum atomic E-state index is 5.78. The van der Waals surface area contributed by atoms with Gasteiger partial charge in [-0.15, -0.1) is 0 Å². The van der Waals surface area contributed by atoms with Crippen molar-refractivity contribution >= 4 is 0 Å². The molecule has 2 aliphatic rings. The first kappa shape index (κ1) is 13.3. The second kappa shape index (κ2) is 6.72. The summed E-state index contributed by atoms with van der Waals surface area (Å²) in [7, 11) is 2.24. The van der Waals surface area contributed by atoms with Gasteiger partial charge in [-0.3, -0.25) is 4.90 Å². The monoisotopic (exact) mass is 239 g/mol. The third-order valence-electron chi connectivity index (χ3n) is 4.52. The average molecular weight is 239 g/mol. The molecule has 0 bridgehead atoms. The lowest BCUT2D eigenvalue weighted by molar-refractivity contribution is 0.0428. The van der Waals surface area contributed by atoms with E-state index in [0.29, 0.717) is 6.04 Å². The maximum absolute atomic E-state index is 5.78. The van der Waals surface area contributed by atoms with Crippen LogP contribution in [0.4, 0.5) is 0 Å². The van der Waals surface area contributed by atoms with Crippen molar-refractivity contribution < 1.29 is 0 Å². The second-order valence-corrected chi connectivity index (χ2v) is 5.88. The summed E-state index contributed by atoms with van der Waals surface area (Å²) < 4.78 is 0. The minimum Gasteiger partial charge on any atom is -0.330 e. The molecule has 3 nitrogen and oxygen atoms in total. The van der Waals surface area contributed by atoms with E-state index in [9.17, 15) is 0 Å². The zero-order chi connectivity index (χ0) is 12.1. The Bertz CT molecular complexity index is 210. The van der Waals surface area contributed by atoms with Gasteiger partial charge in [-0.05, 0) is 32.9 Å². The number of nitrogens with zero attached hydrogens (tertiary/aromatic N) is 2. The van der Waals surface area contributed by atoms with Gasteiger partial charge in [0, 0.05) is 31.7 Å². The number of hydrogen-bond acceptors (Lipinski definition) is 3. The lowest BCUT2D eigenvalue weighted by Gasteiger charge is -2.44. The molecule has 100 valence electrons. The smallest absolute Gasteiger partial charge is 0.0238 e. The van der Waals surface area contributed by atoms with E-state index < -0.39 is 0 Å². The zero-order valence-electron chi connectivity index (χ0n) is 11.4. The standard InChI is InChI=1S/C14H29N3/c1-16-10-11-17(14(12-16)8-9-15)13-6-4-2-3-5-7-13/h13-14H,2-12,15H2,1H3. The summed E-state index contributed by atoms with van der Waals surface area (Å²) in [5, 5.41) is 0. The van der Waals surface area contributed by atoms with Crippen LogP contribution in [0.2, 0.25) is 0 Å². The van der Waals surface area contributed by atoms with Gasteiger partial charge in [-0.1, -0.05) is 25.7 Å². The number of nitrogens with two attached hydrogens (primary N) is 1. The lowest BCUT2D eigenvalue weighted by atomic mass is 10.0. The molecule has 17 heavy (non-hydrogen) atoms. The van der Waals surface area contributed by atoms with Gasteiger partial charge in [0.2, 0.25) is 0 Å². The first-order chi connectivity index (χ1) is 8.31. The summed E-state index contributed by atoms with van der Waals surface area (Å²) in [5.41, 5.74) is 5.78. The van der Waals surface area contributed by atoms with Gasteiger partial charge in [-0.25, -0.2) is 0 Å². The molecule has 1 unspecified atom stereocenters. The molecule has 1 aliphatic carbocycles. The Morgan fingerprint density at radius 2 is 1.76 bits per heavy atom. The highest BCUT2D eigenvalue weighted by molar-refractivity contribution is 4.86. The molecule has 0 aromatic carbocycles. The van der Waals surface area contributed by atoms with Gasteiger partial charge in [0.05, 0.1) is 0 Å². The fraction of sp³-hybridized carbons (Fsp3) is 1.00. The summed E-state index contributed by atoms with van der Waals surface area (Å²) >= 11 is 0. The minimum absolute atomic E-state index is 0.710. The fourth-order valence-corrected chi connectivity index (χ4v) is 3.54. The highest BCUT2D eigenvalue weighted by Crippen LogP contribution is 2.25. The summed E-state index contributed by atoms with van der Waals surface area (Å²) in [6.07, 6.45) is 9.78. The molecule has 2 N–H and O–H groups in total. The van der Waals surface area contributed by atoms with Crippen molar-refractivity contribution in [3.63, 3.8) is 0 Å². The van der Waals surface area contributed by atoms with Gasteiger partial charge in [-0.2, -0.15) is 0 Å². The van der Waals surface area contributed by atoms with Crippen molar-refractivity contribution in [1.82, 2.24) is 9.80 Å². The maximum Gasteiger partial charge on any atom is 0.0238 e. The molecular formula is C14H29N3. The summed E-state index contributed by atoms with van der Waals surface area (Å²) in [4.78, 5) is 5.26. The van der Waals surface area contributed by atoms with Gasteiger partial charge in [0.1, 0.15) is 0 Å². The Morgan fingerprint density at radius 3 is 2.41 bits per heavy atom. The molecule has 0 radical (unpaired) electrons. The number of piperazine rings is 1. The van der Waals surface area contributed by atoms with E-state index in [1.807, 2.05) is 0 Å². The number of rotatable bonds is 3. The Hall–Kier alpha value is -0.120. The predicted octanol–water partition coefficient (Wildman–Crippen LogP) is 1.67. The van der Waals surface area contributed by atoms with Crippen molar-refractivity contribution in [3.05, 3.63) is 0 Å². The highest BCUT2D eigenvalue weighted by Gasteiger charge is 2.30.